The summed E-state index contributed by atoms with van der Waals surface area (Å²) in [6, 6.07) is 0.196. The summed E-state index contributed by atoms with van der Waals surface area (Å²) in [5.74, 6) is -0.520. The number of anilines is 1. The van der Waals surface area contributed by atoms with E-state index in [1.807, 2.05) is 0 Å². The van der Waals surface area contributed by atoms with Crippen molar-refractivity contribution in [2.75, 3.05) is 25.1 Å². The molecule has 0 atom stereocenters. The lowest BCUT2D eigenvalue weighted by Gasteiger charge is -1.96. The van der Waals surface area contributed by atoms with E-state index in [2.05, 4.69) is 10.3 Å². The van der Waals surface area contributed by atoms with Crippen LogP contribution in [-0.2, 0) is 4.74 Å². The average molecular weight is 200 g/mol. The van der Waals surface area contributed by atoms with Gasteiger partial charge >= 0.3 is 5.97 Å². The van der Waals surface area contributed by atoms with Crippen molar-refractivity contribution in [2.24, 2.45) is 0 Å². The quantitative estimate of drug-likeness (QED) is 0.663. The van der Waals surface area contributed by atoms with E-state index in [0.29, 0.717) is 13.2 Å². The minimum atomic E-state index is -0.520. The van der Waals surface area contributed by atoms with E-state index in [9.17, 15) is 4.79 Å². The van der Waals surface area contributed by atoms with Gasteiger partial charge in [0, 0.05) is 6.54 Å². The maximum atomic E-state index is 11.1. The van der Waals surface area contributed by atoms with Gasteiger partial charge < -0.3 is 19.6 Å². The van der Waals surface area contributed by atoms with Gasteiger partial charge in [-0.3, -0.25) is 0 Å². The summed E-state index contributed by atoms with van der Waals surface area (Å²) in [5.41, 5.74) is 0.118. The number of hydrogen-bond acceptors (Lipinski definition) is 6. The monoisotopic (exact) mass is 200 g/mol. The molecule has 1 aromatic rings. The number of ether oxygens (including phenoxy) is 1. The summed E-state index contributed by atoms with van der Waals surface area (Å²) in [7, 11) is 0. The molecule has 0 aliphatic heterocycles. The van der Waals surface area contributed by atoms with Crippen molar-refractivity contribution in [3.05, 3.63) is 12.0 Å². The highest BCUT2D eigenvalue weighted by Crippen LogP contribution is 2.07. The smallest absolute Gasteiger partial charge is 0.360 e. The number of rotatable bonds is 5. The number of carbonyl (C=O) groups excluding carboxylic acids is 1. The Bertz CT molecular complexity index is 297. The number of carbonyl (C=O) groups is 1. The lowest BCUT2D eigenvalue weighted by molar-refractivity contribution is 0.0519. The van der Waals surface area contributed by atoms with Crippen molar-refractivity contribution in [3.8, 4) is 0 Å². The van der Waals surface area contributed by atoms with Crippen LogP contribution in [0.15, 0.2) is 10.7 Å². The van der Waals surface area contributed by atoms with Crippen molar-refractivity contribution < 1.29 is 19.1 Å². The van der Waals surface area contributed by atoms with Gasteiger partial charge in [0.25, 0.3) is 6.01 Å². The number of nitrogens with zero attached hydrogens (tertiary/aromatic N) is 1. The Morgan fingerprint density at radius 2 is 2.57 bits per heavy atom. The molecule has 0 aromatic carbocycles. The first-order valence-corrected chi connectivity index (χ1v) is 4.25. The minimum absolute atomic E-state index is 0.0306. The topological polar surface area (TPSA) is 84.6 Å². The first kappa shape index (κ1) is 10.5. The summed E-state index contributed by atoms with van der Waals surface area (Å²) < 4.78 is 9.61. The van der Waals surface area contributed by atoms with Crippen molar-refractivity contribution in [3.63, 3.8) is 0 Å². The van der Waals surface area contributed by atoms with E-state index in [4.69, 9.17) is 14.3 Å². The summed E-state index contributed by atoms with van der Waals surface area (Å²) in [5, 5.41) is 11.2. The third-order valence-corrected chi connectivity index (χ3v) is 1.38. The maximum absolute atomic E-state index is 11.1. The number of aliphatic hydroxyl groups excluding tert-OH is 1. The van der Waals surface area contributed by atoms with E-state index in [1.54, 1.807) is 6.92 Å². The Morgan fingerprint density at radius 3 is 3.21 bits per heavy atom. The fourth-order valence-corrected chi connectivity index (χ4v) is 0.817. The molecule has 0 fully saturated rings. The van der Waals surface area contributed by atoms with Crippen LogP contribution in [0.4, 0.5) is 6.01 Å². The molecule has 14 heavy (non-hydrogen) atoms. The zero-order chi connectivity index (χ0) is 10.4. The average Bonchev–Trinajstić information content (AvgIpc) is 2.63. The van der Waals surface area contributed by atoms with Crippen LogP contribution in [-0.4, -0.2) is 35.8 Å². The largest absolute Gasteiger partial charge is 0.461 e. The summed E-state index contributed by atoms with van der Waals surface area (Å²) in [6.45, 7) is 2.30. The highest BCUT2D eigenvalue weighted by molar-refractivity contribution is 5.87. The molecular weight excluding hydrogens is 188 g/mol. The molecule has 0 unspecified atom stereocenters. The second kappa shape index (κ2) is 5.23. The summed E-state index contributed by atoms with van der Waals surface area (Å²) in [6.07, 6.45) is 1.21. The number of aromatic nitrogens is 1. The summed E-state index contributed by atoms with van der Waals surface area (Å²) in [4.78, 5) is 14.9. The molecule has 0 saturated carbocycles. The SMILES string of the molecule is CCOC(=O)c1coc(NCCO)n1. The van der Waals surface area contributed by atoms with Crippen LogP contribution in [0, 0.1) is 0 Å². The zero-order valence-corrected chi connectivity index (χ0v) is 7.82. The molecule has 0 bridgehead atoms. The van der Waals surface area contributed by atoms with Crippen molar-refractivity contribution in [2.45, 2.75) is 6.92 Å². The number of aliphatic hydroxyl groups is 1. The molecule has 0 aliphatic rings. The Balaban J connectivity index is 2.54. The first-order valence-electron chi connectivity index (χ1n) is 4.25. The Morgan fingerprint density at radius 1 is 1.79 bits per heavy atom. The maximum Gasteiger partial charge on any atom is 0.360 e. The minimum Gasteiger partial charge on any atom is -0.461 e. The van der Waals surface area contributed by atoms with E-state index in [-0.39, 0.29) is 18.3 Å². The van der Waals surface area contributed by atoms with Gasteiger partial charge in [-0.05, 0) is 6.92 Å². The van der Waals surface area contributed by atoms with Gasteiger partial charge in [-0.25, -0.2) is 4.79 Å². The lowest BCUT2D eigenvalue weighted by atomic mass is 10.5. The predicted octanol–water partition coefficient (Wildman–Crippen LogP) is 0.255. The van der Waals surface area contributed by atoms with Crippen LogP contribution in [0.3, 0.4) is 0 Å². The van der Waals surface area contributed by atoms with Gasteiger partial charge in [-0.15, -0.1) is 0 Å². The van der Waals surface area contributed by atoms with Crippen LogP contribution in [0.2, 0.25) is 0 Å². The second-order valence-electron chi connectivity index (χ2n) is 2.41. The normalized spacial score (nSPS) is 9.86. The van der Waals surface area contributed by atoms with E-state index in [1.165, 1.54) is 6.26 Å². The molecule has 1 rings (SSSR count). The third kappa shape index (κ3) is 2.74. The number of esters is 1. The van der Waals surface area contributed by atoms with Gasteiger partial charge in [0.1, 0.15) is 6.26 Å². The van der Waals surface area contributed by atoms with Crippen LogP contribution >= 0.6 is 0 Å². The Kier molecular flexibility index (Phi) is 3.93. The number of oxazole rings is 1. The fourth-order valence-electron chi connectivity index (χ4n) is 0.817. The van der Waals surface area contributed by atoms with Crippen LogP contribution in [0.5, 0.6) is 0 Å². The van der Waals surface area contributed by atoms with Crippen molar-refractivity contribution in [1.29, 1.82) is 0 Å². The zero-order valence-electron chi connectivity index (χ0n) is 7.82. The molecule has 78 valence electrons. The number of hydrogen-bond donors (Lipinski definition) is 2. The molecule has 6 nitrogen and oxygen atoms in total. The molecule has 0 radical (unpaired) electrons. The van der Waals surface area contributed by atoms with E-state index >= 15 is 0 Å². The third-order valence-electron chi connectivity index (χ3n) is 1.38. The first-order chi connectivity index (χ1) is 6.77. The highest BCUT2D eigenvalue weighted by atomic mass is 16.5. The standard InChI is InChI=1S/C8H12N2O4/c1-2-13-7(12)6-5-14-8(10-6)9-3-4-11/h5,11H,2-4H2,1H3,(H,9,10). The van der Waals surface area contributed by atoms with Crippen LogP contribution in [0.1, 0.15) is 17.4 Å². The second-order valence-corrected chi connectivity index (χ2v) is 2.41. The van der Waals surface area contributed by atoms with Gasteiger partial charge in [-0.1, -0.05) is 0 Å². The molecule has 2 N–H and O–H groups in total. The summed E-state index contributed by atoms with van der Waals surface area (Å²) >= 11 is 0. The molecule has 6 heteroatoms. The van der Waals surface area contributed by atoms with E-state index < -0.39 is 5.97 Å². The Hall–Kier alpha value is -1.56. The molecular formula is C8H12N2O4. The molecule has 0 amide bonds. The van der Waals surface area contributed by atoms with Gasteiger partial charge in [0.15, 0.2) is 5.69 Å². The highest BCUT2D eigenvalue weighted by Gasteiger charge is 2.12. The Labute approximate surface area is 80.9 Å². The lowest BCUT2D eigenvalue weighted by Crippen LogP contribution is -2.07. The number of nitrogens with one attached hydrogen (secondary N) is 1. The van der Waals surface area contributed by atoms with Gasteiger partial charge in [0.2, 0.25) is 0 Å². The molecule has 1 heterocycles. The van der Waals surface area contributed by atoms with E-state index in [0.717, 1.165) is 0 Å². The van der Waals surface area contributed by atoms with Crippen LogP contribution in [0.25, 0.3) is 0 Å². The molecule has 0 saturated heterocycles. The van der Waals surface area contributed by atoms with Crippen molar-refractivity contribution >= 4 is 12.0 Å². The molecule has 1 aromatic heterocycles. The fraction of sp³-hybridized carbons (Fsp3) is 0.500. The molecule has 0 spiro atoms. The predicted molar refractivity (Wildman–Crippen MR) is 48.0 cm³/mol. The molecule has 0 aliphatic carbocycles. The van der Waals surface area contributed by atoms with Gasteiger partial charge in [-0.2, -0.15) is 4.98 Å². The van der Waals surface area contributed by atoms with Crippen LogP contribution < -0.4 is 5.32 Å². The van der Waals surface area contributed by atoms with Gasteiger partial charge in [0.05, 0.1) is 13.2 Å². The van der Waals surface area contributed by atoms with Crippen molar-refractivity contribution in [1.82, 2.24) is 4.98 Å².